The lowest BCUT2D eigenvalue weighted by molar-refractivity contribution is 0.323. The Balaban J connectivity index is 3.81. The Bertz CT molecular complexity index is 172. The molecule has 0 heterocycles. The lowest BCUT2D eigenvalue weighted by atomic mass is 10.0. The van der Waals surface area contributed by atoms with E-state index in [1.54, 1.807) is 0 Å². The third-order valence-electron chi connectivity index (χ3n) is 3.73. The van der Waals surface area contributed by atoms with Gasteiger partial charge < -0.3 is 10.2 Å². The average molecular weight is 275 g/mol. The van der Waals surface area contributed by atoms with Crippen molar-refractivity contribution in [2.45, 2.75) is 53.5 Å². The molecule has 0 radical (unpaired) electrons. The Morgan fingerprint density at radius 1 is 1.11 bits per heavy atom. The van der Waals surface area contributed by atoms with Crippen LogP contribution in [0.1, 0.15) is 47.5 Å². The first-order chi connectivity index (χ1) is 8.69. The summed E-state index contributed by atoms with van der Waals surface area (Å²) in [4.78, 5) is 2.50. The molecule has 0 amide bonds. The topological polar surface area (TPSA) is 15.3 Å². The maximum Gasteiger partial charge on any atom is 0.0183 e. The van der Waals surface area contributed by atoms with Crippen molar-refractivity contribution in [2.75, 3.05) is 37.7 Å². The summed E-state index contributed by atoms with van der Waals surface area (Å²) in [5.74, 6) is 3.32. The molecule has 0 saturated carbocycles. The molecule has 0 aromatic rings. The SMILES string of the molecule is CCCNC(CSCCN(CC)CC)C(C)CC. The largest absolute Gasteiger partial charge is 0.313 e. The first-order valence-corrected chi connectivity index (χ1v) is 8.88. The second-order valence-corrected chi connectivity index (χ2v) is 6.20. The van der Waals surface area contributed by atoms with E-state index < -0.39 is 0 Å². The molecule has 1 N–H and O–H groups in total. The molecule has 0 bridgehead atoms. The minimum absolute atomic E-state index is 0.691. The summed E-state index contributed by atoms with van der Waals surface area (Å²) < 4.78 is 0. The fourth-order valence-electron chi connectivity index (χ4n) is 1.98. The van der Waals surface area contributed by atoms with E-state index in [1.807, 2.05) is 0 Å². The summed E-state index contributed by atoms with van der Waals surface area (Å²) in [5, 5.41) is 3.70. The summed E-state index contributed by atoms with van der Waals surface area (Å²) in [5.41, 5.74) is 0. The number of thioether (sulfide) groups is 1. The molecular formula is C15H34N2S. The van der Waals surface area contributed by atoms with Gasteiger partial charge in [-0.2, -0.15) is 11.8 Å². The van der Waals surface area contributed by atoms with E-state index in [-0.39, 0.29) is 0 Å². The fraction of sp³-hybridized carbons (Fsp3) is 1.00. The van der Waals surface area contributed by atoms with Gasteiger partial charge in [0.2, 0.25) is 0 Å². The molecule has 0 fully saturated rings. The molecule has 110 valence electrons. The van der Waals surface area contributed by atoms with Crippen molar-refractivity contribution in [1.29, 1.82) is 0 Å². The molecule has 0 aliphatic carbocycles. The van der Waals surface area contributed by atoms with Gasteiger partial charge in [-0.1, -0.05) is 41.0 Å². The minimum atomic E-state index is 0.691. The van der Waals surface area contributed by atoms with Crippen LogP contribution >= 0.6 is 11.8 Å². The fourth-order valence-corrected chi connectivity index (χ4v) is 3.24. The summed E-state index contributed by atoms with van der Waals surface area (Å²) in [6, 6.07) is 0.691. The monoisotopic (exact) mass is 274 g/mol. The van der Waals surface area contributed by atoms with Crippen molar-refractivity contribution in [2.24, 2.45) is 5.92 Å². The van der Waals surface area contributed by atoms with Crippen molar-refractivity contribution in [3.63, 3.8) is 0 Å². The van der Waals surface area contributed by atoms with Crippen LogP contribution in [-0.4, -0.2) is 48.6 Å². The maximum atomic E-state index is 3.70. The van der Waals surface area contributed by atoms with Gasteiger partial charge in [0.25, 0.3) is 0 Å². The minimum Gasteiger partial charge on any atom is -0.313 e. The Hall–Kier alpha value is 0.270. The lowest BCUT2D eigenvalue weighted by Crippen LogP contribution is -2.37. The van der Waals surface area contributed by atoms with E-state index >= 15 is 0 Å². The molecule has 0 aliphatic heterocycles. The number of hydrogen-bond acceptors (Lipinski definition) is 3. The smallest absolute Gasteiger partial charge is 0.0183 e. The van der Waals surface area contributed by atoms with Gasteiger partial charge in [0.05, 0.1) is 0 Å². The molecule has 0 rings (SSSR count). The van der Waals surface area contributed by atoms with Crippen molar-refractivity contribution >= 4 is 11.8 Å². The van der Waals surface area contributed by atoms with Crippen LogP contribution in [0.15, 0.2) is 0 Å². The van der Waals surface area contributed by atoms with Crippen LogP contribution in [0.3, 0.4) is 0 Å². The van der Waals surface area contributed by atoms with Crippen LogP contribution in [0.4, 0.5) is 0 Å². The number of nitrogens with one attached hydrogen (secondary N) is 1. The highest BCUT2D eigenvalue weighted by atomic mass is 32.2. The second kappa shape index (κ2) is 12.3. The van der Waals surface area contributed by atoms with E-state index in [2.05, 4.69) is 56.6 Å². The highest BCUT2D eigenvalue weighted by Crippen LogP contribution is 2.14. The summed E-state index contributed by atoms with van der Waals surface area (Å²) in [6.07, 6.45) is 2.51. The van der Waals surface area contributed by atoms with Crippen molar-refractivity contribution in [1.82, 2.24) is 10.2 Å². The standard InChI is InChI=1S/C15H34N2S/c1-6-10-16-15(14(5)7-2)13-18-12-11-17(8-3)9-4/h14-16H,6-13H2,1-5H3. The van der Waals surface area contributed by atoms with Gasteiger partial charge in [-0.15, -0.1) is 0 Å². The molecule has 3 heteroatoms. The van der Waals surface area contributed by atoms with E-state index in [0.29, 0.717) is 6.04 Å². The quantitative estimate of drug-likeness (QED) is 0.549. The highest BCUT2D eigenvalue weighted by molar-refractivity contribution is 7.99. The Labute approximate surface area is 119 Å². The number of hydrogen-bond donors (Lipinski definition) is 1. The van der Waals surface area contributed by atoms with Gasteiger partial charge in [0.1, 0.15) is 0 Å². The zero-order chi connectivity index (χ0) is 13.8. The molecule has 2 nitrogen and oxygen atoms in total. The Kier molecular flexibility index (Phi) is 12.5. The first kappa shape index (κ1) is 18.3. The van der Waals surface area contributed by atoms with Crippen LogP contribution in [0.25, 0.3) is 0 Å². The third-order valence-corrected chi connectivity index (χ3v) is 4.80. The molecule has 0 aliphatic rings. The Morgan fingerprint density at radius 3 is 2.28 bits per heavy atom. The van der Waals surface area contributed by atoms with Crippen LogP contribution in [0.2, 0.25) is 0 Å². The molecule has 18 heavy (non-hydrogen) atoms. The van der Waals surface area contributed by atoms with Crippen molar-refractivity contribution < 1.29 is 0 Å². The van der Waals surface area contributed by atoms with E-state index in [1.165, 1.54) is 44.0 Å². The first-order valence-electron chi connectivity index (χ1n) is 7.72. The van der Waals surface area contributed by atoms with Crippen molar-refractivity contribution in [3.8, 4) is 0 Å². The number of nitrogens with zero attached hydrogens (tertiary/aromatic N) is 1. The van der Waals surface area contributed by atoms with Crippen LogP contribution in [0.5, 0.6) is 0 Å². The van der Waals surface area contributed by atoms with Gasteiger partial charge in [0.15, 0.2) is 0 Å². The normalized spacial score (nSPS) is 15.0. The molecule has 0 aromatic heterocycles. The zero-order valence-corrected chi connectivity index (χ0v) is 14.0. The van der Waals surface area contributed by atoms with Crippen molar-refractivity contribution in [3.05, 3.63) is 0 Å². The second-order valence-electron chi connectivity index (χ2n) is 5.05. The summed E-state index contributed by atoms with van der Waals surface area (Å²) >= 11 is 2.11. The summed E-state index contributed by atoms with van der Waals surface area (Å²) in [7, 11) is 0. The van der Waals surface area contributed by atoms with Gasteiger partial charge >= 0.3 is 0 Å². The van der Waals surface area contributed by atoms with E-state index in [9.17, 15) is 0 Å². The van der Waals surface area contributed by atoms with Crippen LogP contribution in [-0.2, 0) is 0 Å². The Morgan fingerprint density at radius 2 is 1.78 bits per heavy atom. The molecular weight excluding hydrogens is 240 g/mol. The van der Waals surface area contributed by atoms with Gasteiger partial charge in [-0.05, 0) is 32.0 Å². The van der Waals surface area contributed by atoms with Crippen LogP contribution in [0, 0.1) is 5.92 Å². The van der Waals surface area contributed by atoms with Gasteiger partial charge in [0, 0.05) is 24.1 Å². The zero-order valence-electron chi connectivity index (χ0n) is 13.2. The number of rotatable bonds is 12. The van der Waals surface area contributed by atoms with E-state index in [0.717, 1.165) is 12.5 Å². The predicted molar refractivity (Wildman–Crippen MR) is 86.6 cm³/mol. The molecule has 2 unspecified atom stereocenters. The van der Waals surface area contributed by atoms with Gasteiger partial charge in [-0.25, -0.2) is 0 Å². The molecule has 0 spiro atoms. The predicted octanol–water partition coefficient (Wildman–Crippen LogP) is 3.48. The summed E-state index contributed by atoms with van der Waals surface area (Å²) in [6.45, 7) is 16.2. The third kappa shape index (κ3) is 8.39. The lowest BCUT2D eigenvalue weighted by Gasteiger charge is -2.24. The maximum absolute atomic E-state index is 3.70. The molecule has 0 saturated heterocycles. The van der Waals surface area contributed by atoms with Gasteiger partial charge in [-0.3, -0.25) is 0 Å². The molecule has 2 atom stereocenters. The highest BCUT2D eigenvalue weighted by Gasteiger charge is 2.14. The van der Waals surface area contributed by atoms with Crippen LogP contribution < -0.4 is 5.32 Å². The average Bonchev–Trinajstić information content (AvgIpc) is 2.41. The van der Waals surface area contributed by atoms with E-state index in [4.69, 9.17) is 0 Å². The molecule has 0 aromatic carbocycles.